The van der Waals surface area contributed by atoms with Crippen LogP contribution in [0.2, 0.25) is 0 Å². The SMILES string of the molecule is O=C1CCCCCCCCCCCCC/C=C\1O. The van der Waals surface area contributed by atoms with Crippen LogP contribution in [0, 0.1) is 0 Å². The first-order valence-electron chi connectivity index (χ1n) is 7.73. The monoisotopic (exact) mass is 252 g/mol. The lowest BCUT2D eigenvalue weighted by Gasteiger charge is -2.04. The van der Waals surface area contributed by atoms with Crippen LogP contribution >= 0.6 is 0 Å². The molecule has 0 spiro atoms. The van der Waals surface area contributed by atoms with Crippen LogP contribution in [0.25, 0.3) is 0 Å². The van der Waals surface area contributed by atoms with Crippen LogP contribution in [-0.4, -0.2) is 10.9 Å². The number of carbonyl (C=O) groups is 1. The van der Waals surface area contributed by atoms with Gasteiger partial charge >= 0.3 is 0 Å². The first-order chi connectivity index (χ1) is 8.80. The largest absolute Gasteiger partial charge is 0.505 e. The molecule has 0 amide bonds. The van der Waals surface area contributed by atoms with E-state index in [1.165, 1.54) is 51.4 Å². The zero-order valence-corrected chi connectivity index (χ0v) is 11.6. The quantitative estimate of drug-likeness (QED) is 0.652. The molecule has 0 fully saturated rings. The molecule has 0 saturated heterocycles. The van der Waals surface area contributed by atoms with Gasteiger partial charge in [0.1, 0.15) is 0 Å². The number of rotatable bonds is 0. The van der Waals surface area contributed by atoms with Gasteiger partial charge in [0.2, 0.25) is 0 Å². The van der Waals surface area contributed by atoms with E-state index in [-0.39, 0.29) is 11.5 Å². The molecule has 1 rings (SSSR count). The van der Waals surface area contributed by atoms with E-state index in [4.69, 9.17) is 0 Å². The number of aliphatic hydroxyl groups is 1. The Morgan fingerprint density at radius 3 is 1.72 bits per heavy atom. The first kappa shape index (κ1) is 15.3. The van der Waals surface area contributed by atoms with Crippen LogP contribution in [0.5, 0.6) is 0 Å². The van der Waals surface area contributed by atoms with Gasteiger partial charge in [0.05, 0.1) is 0 Å². The van der Waals surface area contributed by atoms with E-state index in [1.807, 2.05) is 0 Å². The van der Waals surface area contributed by atoms with Crippen molar-refractivity contribution in [2.45, 2.75) is 83.5 Å². The summed E-state index contributed by atoms with van der Waals surface area (Å²) in [5, 5.41) is 9.60. The van der Waals surface area contributed by atoms with E-state index in [0.717, 1.165) is 25.7 Å². The average Bonchev–Trinajstić information content (AvgIpc) is 2.37. The van der Waals surface area contributed by atoms with Crippen molar-refractivity contribution in [3.8, 4) is 0 Å². The minimum Gasteiger partial charge on any atom is -0.505 e. The Kier molecular flexibility index (Phi) is 8.62. The van der Waals surface area contributed by atoms with Crippen molar-refractivity contribution in [3.05, 3.63) is 11.8 Å². The highest BCUT2D eigenvalue weighted by Crippen LogP contribution is 2.14. The molecule has 2 heteroatoms. The third kappa shape index (κ3) is 7.52. The summed E-state index contributed by atoms with van der Waals surface area (Å²) in [4.78, 5) is 11.6. The molecule has 1 aliphatic carbocycles. The highest BCUT2D eigenvalue weighted by atomic mass is 16.3. The summed E-state index contributed by atoms with van der Waals surface area (Å²) in [6, 6.07) is 0. The van der Waals surface area contributed by atoms with Gasteiger partial charge < -0.3 is 5.11 Å². The Balaban J connectivity index is 2.31. The van der Waals surface area contributed by atoms with Gasteiger partial charge in [-0.15, -0.1) is 0 Å². The minimum absolute atomic E-state index is 0.00194. The van der Waals surface area contributed by atoms with Gasteiger partial charge in [-0.25, -0.2) is 0 Å². The molecule has 0 aliphatic heterocycles. The van der Waals surface area contributed by atoms with Crippen molar-refractivity contribution in [2.24, 2.45) is 0 Å². The highest BCUT2D eigenvalue weighted by Gasteiger charge is 2.06. The summed E-state index contributed by atoms with van der Waals surface area (Å²) in [6.07, 6.45) is 16.7. The van der Waals surface area contributed by atoms with Crippen molar-refractivity contribution in [3.63, 3.8) is 0 Å². The van der Waals surface area contributed by atoms with Crippen molar-refractivity contribution < 1.29 is 9.90 Å². The zero-order valence-electron chi connectivity index (χ0n) is 11.6. The summed E-state index contributed by atoms with van der Waals surface area (Å²) >= 11 is 0. The van der Waals surface area contributed by atoms with Gasteiger partial charge in [0, 0.05) is 6.42 Å². The molecule has 0 atom stereocenters. The molecule has 0 radical (unpaired) electrons. The lowest BCUT2D eigenvalue weighted by molar-refractivity contribution is -0.118. The highest BCUT2D eigenvalue weighted by molar-refractivity contribution is 5.92. The Bertz CT molecular complexity index is 256. The Labute approximate surface area is 111 Å². The van der Waals surface area contributed by atoms with E-state index in [9.17, 15) is 9.90 Å². The summed E-state index contributed by atoms with van der Waals surface area (Å²) < 4.78 is 0. The summed E-state index contributed by atoms with van der Waals surface area (Å²) in [5.41, 5.74) is 0. The fraction of sp³-hybridized carbons (Fsp3) is 0.812. The molecule has 0 bridgehead atoms. The van der Waals surface area contributed by atoms with E-state index in [0.29, 0.717) is 6.42 Å². The van der Waals surface area contributed by atoms with Crippen LogP contribution in [0.15, 0.2) is 11.8 Å². The number of Topliss-reactive ketones (excluding diaryl/α,β-unsaturated/α-hetero) is 1. The lowest BCUT2D eigenvalue weighted by atomic mass is 10.0. The topological polar surface area (TPSA) is 37.3 Å². The van der Waals surface area contributed by atoms with Crippen LogP contribution in [-0.2, 0) is 4.79 Å². The molecule has 1 N–H and O–H groups in total. The van der Waals surface area contributed by atoms with Gasteiger partial charge in [-0.1, -0.05) is 57.8 Å². The van der Waals surface area contributed by atoms with E-state index in [2.05, 4.69) is 0 Å². The second kappa shape index (κ2) is 10.2. The molecule has 1 aliphatic rings. The maximum atomic E-state index is 11.6. The Morgan fingerprint density at radius 1 is 0.722 bits per heavy atom. The molecule has 0 aromatic rings. The smallest absolute Gasteiger partial charge is 0.196 e. The van der Waals surface area contributed by atoms with Gasteiger partial charge in [-0.3, -0.25) is 4.79 Å². The summed E-state index contributed by atoms with van der Waals surface area (Å²) in [7, 11) is 0. The molecule has 18 heavy (non-hydrogen) atoms. The maximum absolute atomic E-state index is 11.6. The van der Waals surface area contributed by atoms with E-state index in [1.54, 1.807) is 6.08 Å². The first-order valence-corrected chi connectivity index (χ1v) is 7.73. The number of ketones is 1. The fourth-order valence-electron chi connectivity index (χ4n) is 2.50. The van der Waals surface area contributed by atoms with Gasteiger partial charge in [-0.05, 0) is 25.3 Å². The van der Waals surface area contributed by atoms with E-state index >= 15 is 0 Å². The molecule has 0 aromatic heterocycles. The third-order valence-corrected chi connectivity index (χ3v) is 3.73. The molecule has 0 unspecified atom stereocenters. The molecule has 2 nitrogen and oxygen atoms in total. The second-order valence-corrected chi connectivity index (χ2v) is 5.44. The number of aliphatic hydroxyl groups excluding tert-OH is 1. The third-order valence-electron chi connectivity index (χ3n) is 3.73. The number of hydrogen-bond donors (Lipinski definition) is 1. The van der Waals surface area contributed by atoms with Crippen LogP contribution in [0.1, 0.15) is 83.5 Å². The number of carbonyl (C=O) groups excluding carboxylic acids is 1. The number of hydrogen-bond acceptors (Lipinski definition) is 2. The molecule has 0 heterocycles. The van der Waals surface area contributed by atoms with Gasteiger partial charge in [0.15, 0.2) is 11.5 Å². The van der Waals surface area contributed by atoms with E-state index < -0.39 is 0 Å². The van der Waals surface area contributed by atoms with Crippen LogP contribution in [0.3, 0.4) is 0 Å². The predicted molar refractivity (Wildman–Crippen MR) is 75.7 cm³/mol. The molecule has 104 valence electrons. The fourth-order valence-corrected chi connectivity index (χ4v) is 2.50. The van der Waals surface area contributed by atoms with Gasteiger partial charge in [-0.2, -0.15) is 0 Å². The summed E-state index contributed by atoms with van der Waals surface area (Å²) in [6.45, 7) is 0. The normalized spacial score (nSPS) is 25.3. The van der Waals surface area contributed by atoms with Crippen LogP contribution < -0.4 is 0 Å². The standard InChI is InChI=1S/C16H28O2/c17-15-13-11-9-7-5-3-1-2-4-6-8-10-12-14-16(15)18/h13,17H,1-12,14H2/b15-13+. The zero-order chi connectivity index (χ0) is 13.1. The molecular weight excluding hydrogens is 224 g/mol. The van der Waals surface area contributed by atoms with Crippen LogP contribution in [0.4, 0.5) is 0 Å². The Morgan fingerprint density at radius 2 is 1.17 bits per heavy atom. The van der Waals surface area contributed by atoms with Gasteiger partial charge in [0.25, 0.3) is 0 Å². The predicted octanol–water partition coefficient (Wildman–Crippen LogP) is 5.08. The number of allylic oxidation sites excluding steroid dienone is 2. The minimum atomic E-state index is -0.0675. The molecule has 0 aromatic carbocycles. The summed E-state index contributed by atoms with van der Waals surface area (Å²) in [5.74, 6) is -0.0656. The second-order valence-electron chi connectivity index (χ2n) is 5.44. The lowest BCUT2D eigenvalue weighted by Crippen LogP contribution is -2.01. The Hall–Kier alpha value is -0.790. The van der Waals surface area contributed by atoms with Crippen molar-refractivity contribution in [2.75, 3.05) is 0 Å². The average molecular weight is 252 g/mol. The maximum Gasteiger partial charge on any atom is 0.196 e. The van der Waals surface area contributed by atoms with Crippen molar-refractivity contribution in [1.82, 2.24) is 0 Å². The van der Waals surface area contributed by atoms with Crippen molar-refractivity contribution >= 4 is 5.78 Å². The molecular formula is C16H28O2. The molecule has 0 saturated carbocycles. The van der Waals surface area contributed by atoms with Crippen molar-refractivity contribution in [1.29, 1.82) is 0 Å².